The van der Waals surface area contributed by atoms with Crippen molar-refractivity contribution < 1.29 is 14.7 Å². The van der Waals surface area contributed by atoms with Crippen molar-refractivity contribution in [2.45, 2.75) is 39.0 Å². The number of pyridine rings is 1. The van der Waals surface area contributed by atoms with Gasteiger partial charge in [-0.05, 0) is 18.6 Å². The molecular weight excluding hydrogens is 292 g/mol. The molecule has 1 heterocycles. The summed E-state index contributed by atoms with van der Waals surface area (Å²) in [4.78, 5) is 28.6. The van der Waals surface area contributed by atoms with E-state index in [2.05, 4.69) is 4.98 Å². The van der Waals surface area contributed by atoms with Crippen LogP contribution in [0.1, 0.15) is 49.7 Å². The second-order valence-electron chi connectivity index (χ2n) is 6.04. The zero-order valence-electron chi connectivity index (χ0n) is 12.8. The van der Waals surface area contributed by atoms with E-state index in [4.69, 9.17) is 16.7 Å². The van der Waals surface area contributed by atoms with Crippen LogP contribution in [0.5, 0.6) is 0 Å². The summed E-state index contributed by atoms with van der Waals surface area (Å²) < 4.78 is 0. The Morgan fingerprint density at radius 1 is 1.33 bits per heavy atom. The summed E-state index contributed by atoms with van der Waals surface area (Å²) in [6, 6.07) is 3.27. The van der Waals surface area contributed by atoms with Crippen LogP contribution >= 0.6 is 11.6 Å². The Morgan fingerprint density at radius 3 is 2.48 bits per heavy atom. The molecule has 5 nitrogen and oxygen atoms in total. The van der Waals surface area contributed by atoms with Crippen LogP contribution < -0.4 is 0 Å². The van der Waals surface area contributed by atoms with Crippen molar-refractivity contribution in [1.82, 2.24) is 9.88 Å². The van der Waals surface area contributed by atoms with E-state index in [-0.39, 0.29) is 22.9 Å². The van der Waals surface area contributed by atoms with Gasteiger partial charge in [0.2, 0.25) is 0 Å². The van der Waals surface area contributed by atoms with Gasteiger partial charge in [-0.25, -0.2) is 4.98 Å². The fourth-order valence-electron chi connectivity index (χ4n) is 1.79. The highest BCUT2D eigenvalue weighted by Gasteiger charge is 2.20. The van der Waals surface area contributed by atoms with E-state index < -0.39 is 5.97 Å². The zero-order chi connectivity index (χ0) is 16.2. The summed E-state index contributed by atoms with van der Waals surface area (Å²) in [6.07, 6.45) is 0.463. The van der Waals surface area contributed by atoms with Crippen LogP contribution in [0.2, 0.25) is 5.15 Å². The Morgan fingerprint density at radius 2 is 1.95 bits per heavy atom. The molecule has 0 aliphatic heterocycles. The fourth-order valence-corrected chi connectivity index (χ4v) is 2.00. The zero-order valence-corrected chi connectivity index (χ0v) is 13.6. The first-order valence-corrected chi connectivity index (χ1v) is 7.14. The summed E-state index contributed by atoms with van der Waals surface area (Å²) in [5.41, 5.74) is 1.01. The molecule has 1 aromatic heterocycles. The summed E-state index contributed by atoms with van der Waals surface area (Å²) in [5.74, 6) is -1.05. The van der Waals surface area contributed by atoms with Crippen LogP contribution in [0, 0.1) is 0 Å². The van der Waals surface area contributed by atoms with Gasteiger partial charge < -0.3 is 10.0 Å². The third kappa shape index (κ3) is 5.34. The van der Waals surface area contributed by atoms with E-state index >= 15 is 0 Å². The molecule has 21 heavy (non-hydrogen) atoms. The number of nitrogens with zero attached hydrogens (tertiary/aromatic N) is 2. The number of carboxylic acids is 1. The number of carboxylic acid groups (broad SMARTS) is 1. The number of hydrogen-bond donors (Lipinski definition) is 1. The minimum absolute atomic E-state index is 0.0436. The molecule has 0 fully saturated rings. The minimum Gasteiger partial charge on any atom is -0.481 e. The lowest BCUT2D eigenvalue weighted by atomic mass is 9.91. The van der Waals surface area contributed by atoms with Gasteiger partial charge in [0.15, 0.2) is 0 Å². The summed E-state index contributed by atoms with van der Waals surface area (Å²) in [6.45, 7) is 6.37. The fraction of sp³-hybridized carbons (Fsp3) is 0.533. The van der Waals surface area contributed by atoms with Gasteiger partial charge >= 0.3 is 5.97 Å². The first-order chi connectivity index (χ1) is 9.61. The normalized spacial score (nSPS) is 11.3. The van der Waals surface area contributed by atoms with Crippen molar-refractivity contribution in [3.8, 4) is 0 Å². The van der Waals surface area contributed by atoms with Gasteiger partial charge in [0.1, 0.15) is 5.15 Å². The van der Waals surface area contributed by atoms with Gasteiger partial charge in [-0.3, -0.25) is 9.59 Å². The Hall–Kier alpha value is -1.62. The van der Waals surface area contributed by atoms with Crippen molar-refractivity contribution in [3.63, 3.8) is 0 Å². The monoisotopic (exact) mass is 312 g/mol. The average Bonchev–Trinajstić information content (AvgIpc) is 2.35. The van der Waals surface area contributed by atoms with E-state index in [0.29, 0.717) is 18.5 Å². The van der Waals surface area contributed by atoms with Gasteiger partial charge in [0.25, 0.3) is 5.91 Å². The summed E-state index contributed by atoms with van der Waals surface area (Å²) in [7, 11) is 1.65. The maximum absolute atomic E-state index is 12.3. The lowest BCUT2D eigenvalue weighted by Crippen LogP contribution is -2.28. The number of aromatic nitrogens is 1. The maximum atomic E-state index is 12.3. The summed E-state index contributed by atoms with van der Waals surface area (Å²) in [5, 5.41) is 8.90. The largest absolute Gasteiger partial charge is 0.481 e. The highest BCUT2D eigenvalue weighted by Crippen LogP contribution is 2.23. The van der Waals surface area contributed by atoms with E-state index in [9.17, 15) is 9.59 Å². The highest BCUT2D eigenvalue weighted by molar-refractivity contribution is 6.29. The van der Waals surface area contributed by atoms with E-state index in [1.54, 1.807) is 13.1 Å². The van der Waals surface area contributed by atoms with Gasteiger partial charge in [0, 0.05) is 36.7 Å². The molecule has 0 saturated heterocycles. The average molecular weight is 313 g/mol. The maximum Gasteiger partial charge on any atom is 0.303 e. The van der Waals surface area contributed by atoms with Crippen molar-refractivity contribution >= 4 is 23.5 Å². The molecule has 1 N–H and O–H groups in total. The number of aliphatic carboxylic acids is 1. The van der Waals surface area contributed by atoms with Crippen molar-refractivity contribution in [2.24, 2.45) is 0 Å². The standard InChI is InChI=1S/C15H21ClN2O3/c1-15(2,3)11-8-10(9-12(16)17-11)14(21)18(4)7-5-6-13(19)20/h8-9H,5-7H2,1-4H3,(H,19,20). The van der Waals surface area contributed by atoms with Gasteiger partial charge in [0.05, 0.1) is 0 Å². The van der Waals surface area contributed by atoms with Crippen LogP contribution in [0.3, 0.4) is 0 Å². The van der Waals surface area contributed by atoms with Crippen molar-refractivity contribution in [3.05, 3.63) is 28.5 Å². The van der Waals surface area contributed by atoms with Gasteiger partial charge in [-0.1, -0.05) is 32.4 Å². The molecule has 1 amide bonds. The van der Waals surface area contributed by atoms with Crippen LogP contribution in [0.15, 0.2) is 12.1 Å². The molecule has 0 saturated carbocycles. The van der Waals surface area contributed by atoms with E-state index in [1.165, 1.54) is 11.0 Å². The van der Waals surface area contributed by atoms with E-state index in [1.807, 2.05) is 20.8 Å². The van der Waals surface area contributed by atoms with Crippen LogP contribution in [0.4, 0.5) is 0 Å². The first kappa shape index (κ1) is 17.4. The lowest BCUT2D eigenvalue weighted by molar-refractivity contribution is -0.137. The molecule has 1 rings (SSSR count). The predicted octanol–water partition coefficient (Wildman–Crippen LogP) is 2.97. The SMILES string of the molecule is CN(CCCC(=O)O)C(=O)c1cc(Cl)nc(C(C)(C)C)c1. The molecule has 116 valence electrons. The van der Waals surface area contributed by atoms with Crippen LogP contribution in [-0.4, -0.2) is 40.5 Å². The number of halogens is 1. The Bertz CT molecular complexity index is 538. The molecule has 0 radical (unpaired) electrons. The Kier molecular flexibility index (Phi) is 5.72. The lowest BCUT2D eigenvalue weighted by Gasteiger charge is -2.21. The molecule has 6 heteroatoms. The van der Waals surface area contributed by atoms with Gasteiger partial charge in [-0.15, -0.1) is 0 Å². The first-order valence-electron chi connectivity index (χ1n) is 6.76. The molecule has 1 aromatic rings. The van der Waals surface area contributed by atoms with Crippen LogP contribution in [-0.2, 0) is 10.2 Å². The third-order valence-electron chi connectivity index (χ3n) is 3.04. The second kappa shape index (κ2) is 6.89. The second-order valence-corrected chi connectivity index (χ2v) is 6.43. The molecule has 0 atom stereocenters. The molecule has 0 aromatic carbocycles. The number of carbonyl (C=O) groups is 2. The molecule has 0 unspecified atom stereocenters. The molecule has 0 bridgehead atoms. The van der Waals surface area contributed by atoms with Crippen molar-refractivity contribution in [2.75, 3.05) is 13.6 Å². The minimum atomic E-state index is -0.863. The predicted molar refractivity (Wildman–Crippen MR) is 81.8 cm³/mol. The highest BCUT2D eigenvalue weighted by atomic mass is 35.5. The topological polar surface area (TPSA) is 70.5 Å². The molecule has 0 aliphatic rings. The Balaban J connectivity index is 2.87. The molecule has 0 spiro atoms. The Labute approximate surface area is 129 Å². The smallest absolute Gasteiger partial charge is 0.303 e. The van der Waals surface area contributed by atoms with Crippen molar-refractivity contribution in [1.29, 1.82) is 0 Å². The third-order valence-corrected chi connectivity index (χ3v) is 3.23. The quantitative estimate of drug-likeness (QED) is 0.849. The number of hydrogen-bond acceptors (Lipinski definition) is 3. The summed E-state index contributed by atoms with van der Waals surface area (Å²) >= 11 is 5.99. The van der Waals surface area contributed by atoms with Crippen LogP contribution in [0.25, 0.3) is 0 Å². The van der Waals surface area contributed by atoms with E-state index in [0.717, 1.165) is 5.69 Å². The molecule has 0 aliphatic carbocycles. The molecular formula is C15H21ClN2O3. The number of amides is 1. The number of rotatable bonds is 5. The number of carbonyl (C=O) groups excluding carboxylic acids is 1. The van der Waals surface area contributed by atoms with Gasteiger partial charge in [-0.2, -0.15) is 0 Å².